The third kappa shape index (κ3) is 7.77. The molecule has 2 saturated carbocycles. The van der Waals surface area contributed by atoms with Crippen LogP contribution < -0.4 is 0 Å². The van der Waals surface area contributed by atoms with Gasteiger partial charge in [0.2, 0.25) is 0 Å². The summed E-state index contributed by atoms with van der Waals surface area (Å²) in [5.41, 5.74) is 8.21. The fraction of sp³-hybridized carbons (Fsp3) is 0.500. The molecule has 172 valence electrons. The van der Waals surface area contributed by atoms with Gasteiger partial charge in [-0.3, -0.25) is 4.99 Å². The summed E-state index contributed by atoms with van der Waals surface area (Å²) in [6.07, 6.45) is 29.4. The number of rotatable bonds is 8. The number of aliphatic imine (C=N–C) groups is 1. The number of allylic oxidation sites excluding steroid dienone is 7. The molecule has 0 unspecified atom stereocenters. The highest BCUT2D eigenvalue weighted by atomic mass is 14.7. The maximum absolute atomic E-state index is 4.88. The van der Waals surface area contributed by atoms with Crippen molar-refractivity contribution in [2.45, 2.75) is 84.1 Å². The van der Waals surface area contributed by atoms with Crippen molar-refractivity contribution < 1.29 is 0 Å². The summed E-state index contributed by atoms with van der Waals surface area (Å²) >= 11 is 0. The molecule has 0 aliphatic heterocycles. The van der Waals surface area contributed by atoms with Crippen molar-refractivity contribution in [2.24, 2.45) is 22.7 Å². The van der Waals surface area contributed by atoms with Gasteiger partial charge in [0.1, 0.15) is 0 Å². The molecule has 0 radical (unpaired) electrons. The molecule has 1 aromatic rings. The van der Waals surface area contributed by atoms with Crippen LogP contribution in [-0.4, -0.2) is 5.71 Å². The fourth-order valence-corrected chi connectivity index (χ4v) is 5.48. The lowest BCUT2D eigenvalue weighted by molar-refractivity contribution is 0.275. The van der Waals surface area contributed by atoms with Gasteiger partial charge >= 0.3 is 0 Å². The SMILES string of the molecule is CC(=NCc1c#cc(CC2CCC(CC=CC3=CC=C=CC=C3)CC2)cc1)C1CCCCC1. The van der Waals surface area contributed by atoms with E-state index in [1.165, 1.54) is 86.6 Å². The van der Waals surface area contributed by atoms with Crippen LogP contribution in [0.3, 0.4) is 0 Å². The van der Waals surface area contributed by atoms with Crippen molar-refractivity contribution in [3.8, 4) is 0 Å². The highest BCUT2D eigenvalue weighted by Crippen LogP contribution is 2.33. The number of nitrogens with zero attached hydrogens (tertiary/aromatic N) is 1. The molecule has 0 bridgehead atoms. The molecule has 3 aliphatic carbocycles. The second-order valence-corrected chi connectivity index (χ2v) is 10.2. The molecule has 0 heterocycles. The fourth-order valence-electron chi connectivity index (χ4n) is 5.48. The van der Waals surface area contributed by atoms with Gasteiger partial charge in [-0.2, -0.15) is 0 Å². The van der Waals surface area contributed by atoms with E-state index in [4.69, 9.17) is 4.99 Å². The van der Waals surface area contributed by atoms with E-state index in [9.17, 15) is 0 Å². The molecule has 0 atom stereocenters. The highest BCUT2D eigenvalue weighted by Gasteiger charge is 2.20. The van der Waals surface area contributed by atoms with Crippen LogP contribution >= 0.6 is 0 Å². The van der Waals surface area contributed by atoms with Gasteiger partial charge < -0.3 is 0 Å². The summed E-state index contributed by atoms with van der Waals surface area (Å²) in [5, 5.41) is 0. The Morgan fingerprint density at radius 1 is 0.939 bits per heavy atom. The van der Waals surface area contributed by atoms with E-state index in [0.29, 0.717) is 5.92 Å². The van der Waals surface area contributed by atoms with Crippen LogP contribution in [0.4, 0.5) is 0 Å². The maximum Gasteiger partial charge on any atom is 0.0717 e. The molecule has 0 saturated heterocycles. The van der Waals surface area contributed by atoms with E-state index >= 15 is 0 Å². The minimum Gasteiger partial charge on any atom is -0.289 e. The van der Waals surface area contributed by atoms with Gasteiger partial charge in [-0.15, -0.1) is 5.73 Å². The van der Waals surface area contributed by atoms with Crippen LogP contribution in [0.1, 0.15) is 82.3 Å². The van der Waals surface area contributed by atoms with E-state index in [0.717, 1.165) is 24.8 Å². The lowest BCUT2D eigenvalue weighted by atomic mass is 9.78. The molecule has 2 fully saturated rings. The third-order valence-electron chi connectivity index (χ3n) is 7.67. The zero-order valence-corrected chi connectivity index (χ0v) is 20.4. The second kappa shape index (κ2) is 12.6. The monoisotopic (exact) mass is 437 g/mol. The lowest BCUT2D eigenvalue weighted by Gasteiger charge is -2.27. The standard InChI is InChI=1S/C32H39N/c1-26(32-14-7-4-8-15-32)33-25-31-22-20-30(21-23-31)24-29-18-16-28(17-19-29)13-9-12-27-10-5-2-3-6-11-27/h2,5-6,9-12,20,22,28-29,32H,4,7-8,13-19,24-25H2,1H3. The molecule has 1 nitrogen and oxygen atoms in total. The molecule has 1 aromatic carbocycles. The normalized spacial score (nSPS) is 24.0. The molecule has 3 aliphatic rings. The molecular weight excluding hydrogens is 398 g/mol. The van der Waals surface area contributed by atoms with Gasteiger partial charge in [-0.1, -0.05) is 55.7 Å². The third-order valence-corrected chi connectivity index (χ3v) is 7.67. The number of hydrogen-bond donors (Lipinski definition) is 0. The average Bonchev–Trinajstić information content (AvgIpc) is 3.14. The van der Waals surface area contributed by atoms with Crippen molar-refractivity contribution in [1.82, 2.24) is 0 Å². The topological polar surface area (TPSA) is 12.4 Å². The van der Waals surface area contributed by atoms with Crippen LogP contribution in [-0.2, 0) is 13.0 Å². The Hall–Kier alpha value is -2.55. The Morgan fingerprint density at radius 3 is 2.48 bits per heavy atom. The van der Waals surface area contributed by atoms with E-state index in [2.05, 4.69) is 67.3 Å². The first-order valence-corrected chi connectivity index (χ1v) is 13.1. The van der Waals surface area contributed by atoms with Crippen LogP contribution in [0.5, 0.6) is 0 Å². The van der Waals surface area contributed by atoms with Crippen LogP contribution in [0, 0.1) is 29.9 Å². The summed E-state index contributed by atoms with van der Waals surface area (Å²) in [4.78, 5) is 4.88. The molecule has 0 N–H and O–H groups in total. The first kappa shape index (κ1) is 23.6. The van der Waals surface area contributed by atoms with Gasteiger partial charge in [0, 0.05) is 16.8 Å². The number of hydrogen-bond acceptors (Lipinski definition) is 1. The summed E-state index contributed by atoms with van der Waals surface area (Å²) in [6, 6.07) is 11.3. The Bertz CT molecular complexity index is 919. The molecule has 4 rings (SSSR count). The smallest absolute Gasteiger partial charge is 0.0717 e. The first-order chi connectivity index (χ1) is 16.3. The zero-order chi connectivity index (χ0) is 22.7. The van der Waals surface area contributed by atoms with Crippen molar-refractivity contribution in [3.63, 3.8) is 0 Å². The van der Waals surface area contributed by atoms with Crippen LogP contribution in [0.2, 0.25) is 0 Å². The van der Waals surface area contributed by atoms with Gasteiger partial charge in [-0.25, -0.2) is 0 Å². The zero-order valence-electron chi connectivity index (χ0n) is 20.4. The second-order valence-electron chi connectivity index (χ2n) is 10.2. The molecule has 0 amide bonds. The van der Waals surface area contributed by atoms with E-state index in [1.54, 1.807) is 0 Å². The lowest BCUT2D eigenvalue weighted by Crippen LogP contribution is -2.16. The molecule has 1 heteroatoms. The Morgan fingerprint density at radius 2 is 1.70 bits per heavy atom. The Balaban J connectivity index is 1.17. The first-order valence-electron chi connectivity index (χ1n) is 13.1. The molecule has 0 spiro atoms. The minimum absolute atomic E-state index is 0.716. The average molecular weight is 438 g/mol. The quantitative estimate of drug-likeness (QED) is 0.286. The summed E-state index contributed by atoms with van der Waals surface area (Å²) < 4.78 is 0. The molecule has 33 heavy (non-hydrogen) atoms. The van der Waals surface area contributed by atoms with Crippen molar-refractivity contribution in [3.05, 3.63) is 89.2 Å². The molecular formula is C32H39N. The van der Waals surface area contributed by atoms with Gasteiger partial charge in [0.15, 0.2) is 0 Å². The highest BCUT2D eigenvalue weighted by molar-refractivity contribution is 5.84. The van der Waals surface area contributed by atoms with Crippen molar-refractivity contribution in [1.29, 1.82) is 0 Å². The van der Waals surface area contributed by atoms with Crippen molar-refractivity contribution >= 4 is 5.71 Å². The van der Waals surface area contributed by atoms with E-state index in [-0.39, 0.29) is 0 Å². The van der Waals surface area contributed by atoms with Crippen LogP contribution in [0.15, 0.2) is 71.0 Å². The van der Waals surface area contributed by atoms with Gasteiger partial charge in [0.25, 0.3) is 0 Å². The minimum atomic E-state index is 0.716. The Labute approximate surface area is 201 Å². The van der Waals surface area contributed by atoms with Gasteiger partial charge in [-0.05, 0) is 112 Å². The van der Waals surface area contributed by atoms with E-state index < -0.39 is 0 Å². The summed E-state index contributed by atoms with van der Waals surface area (Å²) in [7, 11) is 0. The maximum atomic E-state index is 4.88. The largest absolute Gasteiger partial charge is 0.289 e. The van der Waals surface area contributed by atoms with Crippen LogP contribution in [0.25, 0.3) is 0 Å². The van der Waals surface area contributed by atoms with Crippen molar-refractivity contribution in [2.75, 3.05) is 0 Å². The summed E-state index contributed by atoms with van der Waals surface area (Å²) in [5.74, 6) is 2.36. The summed E-state index contributed by atoms with van der Waals surface area (Å²) in [6.45, 7) is 2.98. The Kier molecular flexibility index (Phi) is 9.03. The predicted octanol–water partition coefficient (Wildman–Crippen LogP) is 8.33. The predicted molar refractivity (Wildman–Crippen MR) is 140 cm³/mol. The molecule has 0 aromatic heterocycles. The van der Waals surface area contributed by atoms with E-state index in [1.807, 2.05) is 12.2 Å². The van der Waals surface area contributed by atoms with Gasteiger partial charge in [0.05, 0.1) is 6.54 Å².